The van der Waals surface area contributed by atoms with Crippen molar-refractivity contribution in [2.45, 2.75) is 20.8 Å². The van der Waals surface area contributed by atoms with E-state index in [9.17, 15) is 0 Å². The van der Waals surface area contributed by atoms with Gasteiger partial charge in [0.1, 0.15) is 0 Å². The van der Waals surface area contributed by atoms with E-state index in [2.05, 4.69) is 23.8 Å². The van der Waals surface area contributed by atoms with E-state index in [4.69, 9.17) is 16.3 Å². The summed E-state index contributed by atoms with van der Waals surface area (Å²) in [4.78, 5) is 8.86. The summed E-state index contributed by atoms with van der Waals surface area (Å²) in [5.41, 5.74) is 1.82. The standard InChI is InChI=1S/C15H17ClN2O/c1-10(2)9-19-14-8-11(3)17-15(18-14)12-4-6-13(16)7-5-12/h4-8,10H,9H2,1-3H3. The number of rotatable bonds is 4. The highest BCUT2D eigenvalue weighted by molar-refractivity contribution is 6.30. The lowest BCUT2D eigenvalue weighted by Gasteiger charge is -2.09. The van der Waals surface area contributed by atoms with Gasteiger partial charge >= 0.3 is 0 Å². The number of ether oxygens (including phenoxy) is 1. The lowest BCUT2D eigenvalue weighted by Crippen LogP contribution is -2.07. The molecule has 0 amide bonds. The van der Waals surface area contributed by atoms with Gasteiger partial charge in [0, 0.05) is 22.3 Å². The Morgan fingerprint density at radius 2 is 1.84 bits per heavy atom. The number of halogens is 1. The number of aryl methyl sites for hydroxylation is 1. The largest absolute Gasteiger partial charge is 0.477 e. The van der Waals surface area contributed by atoms with Crippen LogP contribution in [0, 0.1) is 12.8 Å². The third-order valence-corrected chi connectivity index (χ3v) is 2.75. The van der Waals surface area contributed by atoms with Crippen LogP contribution in [-0.4, -0.2) is 16.6 Å². The quantitative estimate of drug-likeness (QED) is 0.842. The van der Waals surface area contributed by atoms with Gasteiger partial charge in [0.2, 0.25) is 5.88 Å². The third kappa shape index (κ3) is 3.93. The van der Waals surface area contributed by atoms with Crippen molar-refractivity contribution >= 4 is 11.6 Å². The number of aromatic nitrogens is 2. The van der Waals surface area contributed by atoms with Crippen LogP contribution in [0.1, 0.15) is 19.5 Å². The normalized spacial score (nSPS) is 10.8. The molecule has 0 unspecified atom stereocenters. The van der Waals surface area contributed by atoms with Crippen molar-refractivity contribution in [2.75, 3.05) is 6.61 Å². The molecule has 0 radical (unpaired) electrons. The van der Waals surface area contributed by atoms with Gasteiger partial charge in [-0.2, -0.15) is 4.98 Å². The summed E-state index contributed by atoms with van der Waals surface area (Å²) >= 11 is 5.88. The summed E-state index contributed by atoms with van der Waals surface area (Å²) in [7, 11) is 0. The fourth-order valence-electron chi connectivity index (χ4n) is 1.59. The Morgan fingerprint density at radius 1 is 1.16 bits per heavy atom. The minimum atomic E-state index is 0.467. The van der Waals surface area contributed by atoms with Gasteiger partial charge in [0.05, 0.1) is 6.61 Å². The van der Waals surface area contributed by atoms with Gasteiger partial charge in [-0.1, -0.05) is 25.4 Å². The van der Waals surface area contributed by atoms with Crippen LogP contribution in [-0.2, 0) is 0 Å². The van der Waals surface area contributed by atoms with Crippen molar-refractivity contribution in [3.8, 4) is 17.3 Å². The van der Waals surface area contributed by atoms with E-state index >= 15 is 0 Å². The van der Waals surface area contributed by atoms with E-state index in [0.717, 1.165) is 11.3 Å². The van der Waals surface area contributed by atoms with Gasteiger partial charge in [0.25, 0.3) is 0 Å². The molecule has 0 spiro atoms. The molecule has 1 heterocycles. The van der Waals surface area contributed by atoms with E-state index in [-0.39, 0.29) is 0 Å². The minimum absolute atomic E-state index is 0.467. The van der Waals surface area contributed by atoms with Crippen molar-refractivity contribution in [1.82, 2.24) is 9.97 Å². The molecule has 2 aromatic rings. The lowest BCUT2D eigenvalue weighted by atomic mass is 10.2. The molecular weight excluding hydrogens is 260 g/mol. The van der Waals surface area contributed by atoms with E-state index in [0.29, 0.717) is 29.3 Å². The Morgan fingerprint density at radius 3 is 2.47 bits per heavy atom. The molecule has 4 heteroatoms. The second kappa shape index (κ2) is 6.02. The average Bonchev–Trinajstić information content (AvgIpc) is 2.36. The molecule has 100 valence electrons. The first-order valence-corrected chi connectivity index (χ1v) is 6.67. The summed E-state index contributed by atoms with van der Waals surface area (Å²) in [6.45, 7) is 6.79. The van der Waals surface area contributed by atoms with Gasteiger partial charge in [0.15, 0.2) is 5.82 Å². The Kier molecular flexibility index (Phi) is 4.38. The van der Waals surface area contributed by atoms with Crippen LogP contribution in [0.4, 0.5) is 0 Å². The zero-order chi connectivity index (χ0) is 13.8. The highest BCUT2D eigenvalue weighted by Gasteiger charge is 2.06. The first kappa shape index (κ1) is 13.8. The molecule has 0 atom stereocenters. The zero-order valence-electron chi connectivity index (χ0n) is 11.4. The van der Waals surface area contributed by atoms with Crippen molar-refractivity contribution in [3.63, 3.8) is 0 Å². The fraction of sp³-hybridized carbons (Fsp3) is 0.333. The van der Waals surface area contributed by atoms with Crippen LogP contribution in [0.5, 0.6) is 5.88 Å². The van der Waals surface area contributed by atoms with Gasteiger partial charge < -0.3 is 4.74 Å². The predicted octanol–water partition coefficient (Wildman–Crippen LogP) is 4.14. The molecule has 1 aromatic carbocycles. The molecule has 3 nitrogen and oxygen atoms in total. The van der Waals surface area contributed by atoms with Crippen LogP contribution in [0.15, 0.2) is 30.3 Å². The molecule has 1 aromatic heterocycles. The summed E-state index contributed by atoms with van der Waals surface area (Å²) in [5.74, 6) is 1.75. The summed E-state index contributed by atoms with van der Waals surface area (Å²) in [6, 6.07) is 9.32. The summed E-state index contributed by atoms with van der Waals surface area (Å²) in [6.07, 6.45) is 0. The fourth-order valence-corrected chi connectivity index (χ4v) is 1.72. The Labute approximate surface area is 118 Å². The predicted molar refractivity (Wildman–Crippen MR) is 77.5 cm³/mol. The lowest BCUT2D eigenvalue weighted by molar-refractivity contribution is 0.261. The van der Waals surface area contributed by atoms with Crippen LogP contribution in [0.2, 0.25) is 5.02 Å². The summed E-state index contributed by atoms with van der Waals surface area (Å²) in [5, 5.41) is 0.702. The highest BCUT2D eigenvalue weighted by Crippen LogP contribution is 2.21. The molecule has 19 heavy (non-hydrogen) atoms. The van der Waals surface area contributed by atoms with Gasteiger partial charge in [-0.3, -0.25) is 0 Å². The Balaban J connectivity index is 2.28. The molecule has 0 aliphatic rings. The smallest absolute Gasteiger partial charge is 0.217 e. The van der Waals surface area contributed by atoms with Crippen molar-refractivity contribution in [3.05, 3.63) is 41.0 Å². The summed E-state index contributed by atoms with van der Waals surface area (Å²) < 4.78 is 5.66. The highest BCUT2D eigenvalue weighted by atomic mass is 35.5. The van der Waals surface area contributed by atoms with Crippen LogP contribution in [0.3, 0.4) is 0 Å². The van der Waals surface area contributed by atoms with Crippen molar-refractivity contribution in [1.29, 1.82) is 0 Å². The number of nitrogens with zero attached hydrogens (tertiary/aromatic N) is 2. The van der Waals surface area contributed by atoms with Crippen molar-refractivity contribution in [2.24, 2.45) is 5.92 Å². The molecule has 0 bridgehead atoms. The Bertz CT molecular complexity index is 553. The second-order valence-electron chi connectivity index (χ2n) is 4.88. The Hall–Kier alpha value is -1.61. The molecule has 0 aliphatic heterocycles. The number of benzene rings is 1. The number of hydrogen-bond donors (Lipinski definition) is 0. The second-order valence-corrected chi connectivity index (χ2v) is 5.32. The molecule has 2 rings (SSSR count). The maximum Gasteiger partial charge on any atom is 0.217 e. The van der Waals surface area contributed by atoms with Crippen molar-refractivity contribution < 1.29 is 4.74 Å². The van der Waals surface area contributed by atoms with Gasteiger partial charge in [-0.25, -0.2) is 4.98 Å². The molecule has 0 aliphatic carbocycles. The zero-order valence-corrected chi connectivity index (χ0v) is 12.1. The third-order valence-electron chi connectivity index (χ3n) is 2.50. The van der Waals surface area contributed by atoms with E-state index in [1.54, 1.807) is 0 Å². The molecule has 0 saturated heterocycles. The maximum absolute atomic E-state index is 5.88. The van der Waals surface area contributed by atoms with Crippen LogP contribution in [0.25, 0.3) is 11.4 Å². The molecule has 0 N–H and O–H groups in total. The minimum Gasteiger partial charge on any atom is -0.477 e. The molecule has 0 saturated carbocycles. The average molecular weight is 277 g/mol. The first-order valence-electron chi connectivity index (χ1n) is 6.29. The van der Waals surface area contributed by atoms with E-state index in [1.165, 1.54) is 0 Å². The maximum atomic E-state index is 5.88. The van der Waals surface area contributed by atoms with Gasteiger partial charge in [-0.15, -0.1) is 0 Å². The monoisotopic (exact) mass is 276 g/mol. The SMILES string of the molecule is Cc1cc(OCC(C)C)nc(-c2ccc(Cl)cc2)n1. The van der Waals surface area contributed by atoms with Gasteiger partial charge in [-0.05, 0) is 37.1 Å². The molecular formula is C15H17ClN2O. The van der Waals surface area contributed by atoms with E-state index in [1.807, 2.05) is 37.3 Å². The van der Waals surface area contributed by atoms with Crippen LogP contribution >= 0.6 is 11.6 Å². The topological polar surface area (TPSA) is 35.0 Å². The molecule has 0 fully saturated rings. The van der Waals surface area contributed by atoms with Crippen LogP contribution < -0.4 is 4.74 Å². The van der Waals surface area contributed by atoms with E-state index < -0.39 is 0 Å². The first-order chi connectivity index (χ1) is 9.04. The number of hydrogen-bond acceptors (Lipinski definition) is 3.